The van der Waals surface area contributed by atoms with E-state index in [1.54, 1.807) is 0 Å². The molecule has 1 unspecified atom stereocenters. The minimum atomic E-state index is 0.325. The van der Waals surface area contributed by atoms with Crippen LogP contribution in [0.3, 0.4) is 0 Å². The van der Waals surface area contributed by atoms with Crippen LogP contribution in [0.1, 0.15) is 33.6 Å². The third-order valence-corrected chi connectivity index (χ3v) is 3.97. The van der Waals surface area contributed by atoms with Crippen molar-refractivity contribution in [2.45, 2.75) is 33.6 Å². The lowest BCUT2D eigenvalue weighted by Crippen LogP contribution is -2.32. The molecule has 2 nitrogen and oxygen atoms in total. The van der Waals surface area contributed by atoms with Gasteiger partial charge in [-0.1, -0.05) is 36.7 Å². The average molecular weight is 314 g/mol. The van der Waals surface area contributed by atoms with Crippen LogP contribution in [0.4, 0.5) is 0 Å². The Morgan fingerprint density at radius 2 is 1.89 bits per heavy atom. The highest BCUT2D eigenvalue weighted by atomic mass is 79.9. The van der Waals surface area contributed by atoms with Crippen LogP contribution in [0.15, 0.2) is 28.7 Å². The minimum absolute atomic E-state index is 0.325. The molecule has 0 radical (unpaired) electrons. The van der Waals surface area contributed by atoms with E-state index in [0.29, 0.717) is 5.41 Å². The van der Waals surface area contributed by atoms with Gasteiger partial charge in [0.1, 0.15) is 5.75 Å². The fourth-order valence-electron chi connectivity index (χ4n) is 1.76. The number of halogens is 1. The standard InChI is InChI=1S/C15H24BrNO/c1-4-15(3,12-17-5-2)10-11-18-14-8-6-13(16)7-9-14/h6-9,17H,4-5,10-12H2,1-3H3. The Balaban J connectivity index is 2.36. The van der Waals surface area contributed by atoms with Crippen molar-refractivity contribution in [3.05, 3.63) is 28.7 Å². The maximum atomic E-state index is 5.79. The Kier molecular flexibility index (Phi) is 6.72. The Hall–Kier alpha value is -0.540. The Morgan fingerprint density at radius 3 is 2.44 bits per heavy atom. The summed E-state index contributed by atoms with van der Waals surface area (Å²) >= 11 is 3.42. The van der Waals surface area contributed by atoms with Gasteiger partial charge in [-0.3, -0.25) is 0 Å². The fraction of sp³-hybridized carbons (Fsp3) is 0.600. The zero-order chi connectivity index (χ0) is 13.4. The summed E-state index contributed by atoms with van der Waals surface area (Å²) in [5, 5.41) is 3.43. The van der Waals surface area contributed by atoms with Crippen LogP contribution in [-0.2, 0) is 0 Å². The normalized spacial score (nSPS) is 14.2. The van der Waals surface area contributed by atoms with Crippen molar-refractivity contribution in [1.82, 2.24) is 5.32 Å². The maximum Gasteiger partial charge on any atom is 0.119 e. The van der Waals surface area contributed by atoms with Crippen LogP contribution >= 0.6 is 15.9 Å². The molecule has 0 fully saturated rings. The molecular formula is C15H24BrNO. The molecule has 0 saturated carbocycles. The number of hydrogen-bond donors (Lipinski definition) is 1. The van der Waals surface area contributed by atoms with Crippen molar-refractivity contribution in [3.8, 4) is 5.75 Å². The molecule has 18 heavy (non-hydrogen) atoms. The van der Waals surface area contributed by atoms with E-state index in [1.165, 1.54) is 6.42 Å². The van der Waals surface area contributed by atoms with E-state index < -0.39 is 0 Å². The molecule has 3 heteroatoms. The lowest BCUT2D eigenvalue weighted by atomic mass is 9.84. The van der Waals surface area contributed by atoms with Gasteiger partial charge in [0.2, 0.25) is 0 Å². The van der Waals surface area contributed by atoms with Crippen molar-refractivity contribution >= 4 is 15.9 Å². The first-order chi connectivity index (χ1) is 8.59. The molecular weight excluding hydrogens is 290 g/mol. The van der Waals surface area contributed by atoms with Crippen LogP contribution < -0.4 is 10.1 Å². The predicted octanol–water partition coefficient (Wildman–Crippen LogP) is 4.24. The summed E-state index contributed by atoms with van der Waals surface area (Å²) in [5.41, 5.74) is 0.325. The van der Waals surface area contributed by atoms with Crippen LogP contribution in [-0.4, -0.2) is 19.7 Å². The minimum Gasteiger partial charge on any atom is -0.494 e. The molecule has 0 amide bonds. The molecule has 0 aromatic heterocycles. The summed E-state index contributed by atoms with van der Waals surface area (Å²) in [6.45, 7) is 9.58. The monoisotopic (exact) mass is 313 g/mol. The molecule has 102 valence electrons. The van der Waals surface area contributed by atoms with E-state index in [9.17, 15) is 0 Å². The van der Waals surface area contributed by atoms with Crippen molar-refractivity contribution in [2.75, 3.05) is 19.7 Å². The summed E-state index contributed by atoms with van der Waals surface area (Å²) < 4.78 is 6.87. The summed E-state index contributed by atoms with van der Waals surface area (Å²) in [5.74, 6) is 0.945. The van der Waals surface area contributed by atoms with Crippen molar-refractivity contribution in [1.29, 1.82) is 0 Å². The van der Waals surface area contributed by atoms with Gasteiger partial charge in [-0.15, -0.1) is 0 Å². The van der Waals surface area contributed by atoms with Crippen LogP contribution in [0.2, 0.25) is 0 Å². The SMILES string of the molecule is CCNCC(C)(CC)CCOc1ccc(Br)cc1. The van der Waals surface area contributed by atoms with Gasteiger partial charge in [-0.05, 0) is 49.1 Å². The first kappa shape index (κ1) is 15.5. The van der Waals surface area contributed by atoms with E-state index in [0.717, 1.165) is 36.3 Å². The molecule has 0 spiro atoms. The van der Waals surface area contributed by atoms with Crippen LogP contribution in [0, 0.1) is 5.41 Å². The second-order valence-corrected chi connectivity index (χ2v) is 5.91. The summed E-state index contributed by atoms with van der Waals surface area (Å²) in [4.78, 5) is 0. The first-order valence-electron chi connectivity index (χ1n) is 6.69. The Morgan fingerprint density at radius 1 is 1.22 bits per heavy atom. The number of benzene rings is 1. The van der Waals surface area contributed by atoms with Gasteiger partial charge < -0.3 is 10.1 Å². The lowest BCUT2D eigenvalue weighted by Gasteiger charge is -2.28. The highest BCUT2D eigenvalue weighted by molar-refractivity contribution is 9.10. The van der Waals surface area contributed by atoms with Gasteiger partial charge in [-0.2, -0.15) is 0 Å². The van der Waals surface area contributed by atoms with Crippen molar-refractivity contribution in [2.24, 2.45) is 5.41 Å². The Bertz CT molecular complexity index is 339. The van der Waals surface area contributed by atoms with E-state index in [2.05, 4.69) is 42.0 Å². The number of ether oxygens (including phenoxy) is 1. The molecule has 1 aromatic rings. The number of hydrogen-bond acceptors (Lipinski definition) is 2. The largest absolute Gasteiger partial charge is 0.494 e. The molecule has 0 aliphatic carbocycles. The molecule has 0 aliphatic heterocycles. The van der Waals surface area contributed by atoms with E-state index in [1.807, 2.05) is 24.3 Å². The topological polar surface area (TPSA) is 21.3 Å². The van der Waals surface area contributed by atoms with Gasteiger partial charge >= 0.3 is 0 Å². The van der Waals surface area contributed by atoms with Gasteiger partial charge in [-0.25, -0.2) is 0 Å². The van der Waals surface area contributed by atoms with E-state index >= 15 is 0 Å². The zero-order valence-corrected chi connectivity index (χ0v) is 13.2. The smallest absolute Gasteiger partial charge is 0.119 e. The third kappa shape index (κ3) is 5.40. The summed E-state index contributed by atoms with van der Waals surface area (Å²) in [7, 11) is 0. The summed E-state index contributed by atoms with van der Waals surface area (Å²) in [6.07, 6.45) is 2.25. The van der Waals surface area contributed by atoms with Gasteiger partial charge in [0, 0.05) is 11.0 Å². The second kappa shape index (κ2) is 7.80. The van der Waals surface area contributed by atoms with Crippen LogP contribution in [0.5, 0.6) is 5.75 Å². The third-order valence-electron chi connectivity index (χ3n) is 3.44. The highest BCUT2D eigenvalue weighted by Crippen LogP contribution is 2.25. The second-order valence-electron chi connectivity index (χ2n) is 5.00. The summed E-state index contributed by atoms with van der Waals surface area (Å²) in [6, 6.07) is 8.01. The molecule has 0 bridgehead atoms. The molecule has 0 aliphatic rings. The van der Waals surface area contributed by atoms with Gasteiger partial charge in [0.05, 0.1) is 6.61 Å². The number of nitrogens with one attached hydrogen (secondary N) is 1. The first-order valence-corrected chi connectivity index (χ1v) is 7.48. The predicted molar refractivity (Wildman–Crippen MR) is 81.2 cm³/mol. The van der Waals surface area contributed by atoms with Crippen molar-refractivity contribution < 1.29 is 4.74 Å². The number of rotatable bonds is 8. The lowest BCUT2D eigenvalue weighted by molar-refractivity contribution is 0.201. The van der Waals surface area contributed by atoms with Crippen molar-refractivity contribution in [3.63, 3.8) is 0 Å². The highest BCUT2D eigenvalue weighted by Gasteiger charge is 2.21. The van der Waals surface area contributed by atoms with E-state index in [4.69, 9.17) is 4.74 Å². The molecule has 1 N–H and O–H groups in total. The zero-order valence-electron chi connectivity index (χ0n) is 11.6. The van der Waals surface area contributed by atoms with Crippen LogP contribution in [0.25, 0.3) is 0 Å². The molecule has 0 saturated heterocycles. The van der Waals surface area contributed by atoms with Gasteiger partial charge in [0.15, 0.2) is 0 Å². The molecule has 1 rings (SSSR count). The maximum absolute atomic E-state index is 5.79. The molecule has 1 atom stereocenters. The molecule has 1 aromatic carbocycles. The van der Waals surface area contributed by atoms with E-state index in [-0.39, 0.29) is 0 Å². The average Bonchev–Trinajstić information content (AvgIpc) is 2.39. The fourth-order valence-corrected chi connectivity index (χ4v) is 2.03. The Labute approximate surface area is 119 Å². The quantitative estimate of drug-likeness (QED) is 0.775. The van der Waals surface area contributed by atoms with Gasteiger partial charge in [0.25, 0.3) is 0 Å². The molecule has 0 heterocycles.